The number of likely N-dealkylation sites (tertiary alicyclic amines) is 1. The van der Waals surface area contributed by atoms with Gasteiger partial charge in [0.25, 0.3) is 5.56 Å². The Morgan fingerprint density at radius 2 is 2.03 bits per heavy atom. The Kier molecular flexibility index (Phi) is 5.09. The van der Waals surface area contributed by atoms with Gasteiger partial charge in [0.05, 0.1) is 19.3 Å². The van der Waals surface area contributed by atoms with Crippen molar-refractivity contribution in [2.75, 3.05) is 32.1 Å². The Morgan fingerprint density at radius 1 is 1.19 bits per heavy atom. The zero-order chi connectivity index (χ0) is 22.4. The van der Waals surface area contributed by atoms with E-state index in [1.165, 1.54) is 7.11 Å². The second kappa shape index (κ2) is 7.94. The number of nitrogens with one attached hydrogen (secondary N) is 2. The van der Waals surface area contributed by atoms with E-state index in [1.807, 2.05) is 41.8 Å². The number of hydrogen-bond acceptors (Lipinski definition) is 5. The van der Waals surface area contributed by atoms with E-state index < -0.39 is 5.97 Å². The van der Waals surface area contributed by atoms with E-state index in [-0.39, 0.29) is 29.6 Å². The molecule has 2 atom stereocenters. The molecule has 1 amide bonds. The number of benzene rings is 1. The van der Waals surface area contributed by atoms with Gasteiger partial charge in [-0.05, 0) is 37.5 Å². The molecule has 0 spiro atoms. The van der Waals surface area contributed by atoms with Crippen LogP contribution in [-0.2, 0) is 16.1 Å². The van der Waals surface area contributed by atoms with Crippen molar-refractivity contribution in [2.24, 2.45) is 5.92 Å². The molecule has 2 aliphatic rings. The van der Waals surface area contributed by atoms with Gasteiger partial charge >= 0.3 is 5.97 Å². The number of methoxy groups -OCH3 is 1. The lowest BCUT2D eigenvalue weighted by Gasteiger charge is -2.42. The largest absolute Gasteiger partial charge is 0.464 e. The number of piperidine rings is 1. The Hall–Kier alpha value is -3.39. The lowest BCUT2D eigenvalue weighted by molar-refractivity contribution is -0.117. The summed E-state index contributed by atoms with van der Waals surface area (Å²) in [5.41, 5.74) is 3.59. The molecule has 0 unspecified atom stereocenters. The number of nitrogens with zero attached hydrogens (tertiary/aromatic N) is 2. The molecular weight excluding hydrogens is 408 g/mol. The lowest BCUT2D eigenvalue weighted by Crippen LogP contribution is -2.49. The van der Waals surface area contributed by atoms with Crippen LogP contribution in [0.3, 0.4) is 0 Å². The third-order valence-corrected chi connectivity index (χ3v) is 6.53. The van der Waals surface area contributed by atoms with Crippen molar-refractivity contribution in [3.63, 3.8) is 0 Å². The van der Waals surface area contributed by atoms with Gasteiger partial charge in [0.2, 0.25) is 5.91 Å². The van der Waals surface area contributed by atoms with Gasteiger partial charge < -0.3 is 19.6 Å². The maximum absolute atomic E-state index is 13.0. The zero-order valence-electron chi connectivity index (χ0n) is 18.2. The maximum Gasteiger partial charge on any atom is 0.356 e. The predicted molar refractivity (Wildman–Crippen MR) is 121 cm³/mol. The smallest absolute Gasteiger partial charge is 0.356 e. The van der Waals surface area contributed by atoms with Gasteiger partial charge in [0, 0.05) is 48.2 Å². The molecule has 3 aromatic rings. The van der Waals surface area contributed by atoms with E-state index in [1.54, 1.807) is 6.07 Å². The summed E-state index contributed by atoms with van der Waals surface area (Å²) in [6, 6.07) is 11.2. The molecule has 0 aliphatic carbocycles. The van der Waals surface area contributed by atoms with Gasteiger partial charge in [-0.15, -0.1) is 0 Å². The first-order valence-corrected chi connectivity index (χ1v) is 10.9. The first-order chi connectivity index (χ1) is 15.4. The zero-order valence-corrected chi connectivity index (χ0v) is 18.2. The maximum atomic E-state index is 13.0. The molecule has 166 valence electrons. The summed E-state index contributed by atoms with van der Waals surface area (Å²) in [5, 5.41) is 3.73. The number of anilines is 1. The predicted octanol–water partition coefficient (Wildman–Crippen LogP) is 2.48. The fourth-order valence-corrected chi connectivity index (χ4v) is 5.20. The number of hydrogen-bond donors (Lipinski definition) is 2. The first-order valence-electron chi connectivity index (χ1n) is 10.9. The molecule has 8 nitrogen and oxygen atoms in total. The molecule has 4 heterocycles. The number of amides is 1. The van der Waals surface area contributed by atoms with E-state index in [4.69, 9.17) is 4.74 Å². The SMILES string of the molecule is COC(=O)c1[nH]c2ccc(C)cc2c1NC(=O)CN1C[C@H]2C[C@@H](C1)c1cccc(=O)n1C2. The fraction of sp³-hybridized carbons (Fsp3) is 0.375. The summed E-state index contributed by atoms with van der Waals surface area (Å²) >= 11 is 0. The molecular formula is C24H26N4O4. The van der Waals surface area contributed by atoms with Crippen LogP contribution in [-0.4, -0.2) is 53.1 Å². The molecule has 2 aromatic heterocycles. The second-order valence-corrected chi connectivity index (χ2v) is 8.86. The summed E-state index contributed by atoms with van der Waals surface area (Å²) in [7, 11) is 1.32. The first kappa shape index (κ1) is 20.5. The fourth-order valence-electron chi connectivity index (χ4n) is 5.20. The van der Waals surface area contributed by atoms with Crippen LogP contribution in [0.1, 0.15) is 34.1 Å². The normalized spacial score (nSPS) is 20.1. The minimum Gasteiger partial charge on any atom is -0.464 e. The van der Waals surface area contributed by atoms with Gasteiger partial charge in [-0.2, -0.15) is 0 Å². The average molecular weight is 434 g/mol. The number of aromatic nitrogens is 2. The van der Waals surface area contributed by atoms with Crippen molar-refractivity contribution in [1.29, 1.82) is 0 Å². The summed E-state index contributed by atoms with van der Waals surface area (Å²) in [6.45, 7) is 4.37. The number of aromatic amines is 1. The van der Waals surface area contributed by atoms with E-state index in [0.29, 0.717) is 18.2 Å². The van der Waals surface area contributed by atoms with Crippen LogP contribution >= 0.6 is 0 Å². The van der Waals surface area contributed by atoms with Gasteiger partial charge in [-0.3, -0.25) is 14.5 Å². The van der Waals surface area contributed by atoms with E-state index >= 15 is 0 Å². The summed E-state index contributed by atoms with van der Waals surface area (Å²) < 4.78 is 6.78. The number of carbonyl (C=O) groups excluding carboxylic acids is 2. The highest BCUT2D eigenvalue weighted by Gasteiger charge is 2.35. The highest BCUT2D eigenvalue weighted by Crippen LogP contribution is 2.35. The highest BCUT2D eigenvalue weighted by molar-refractivity contribution is 6.11. The number of H-pyrrole nitrogens is 1. The van der Waals surface area contributed by atoms with Crippen molar-refractivity contribution in [3.8, 4) is 0 Å². The summed E-state index contributed by atoms with van der Waals surface area (Å²) in [4.78, 5) is 42.7. The summed E-state index contributed by atoms with van der Waals surface area (Å²) in [5.74, 6) is -0.118. The standard InChI is InChI=1S/C24H26N4O4/c1-14-6-7-18-17(8-14)22(23(25-18)24(31)32-2)26-20(29)13-27-10-15-9-16(12-27)19-4-3-5-21(30)28(19)11-15/h3-8,15-16,25H,9-13H2,1-2H3,(H,26,29)/t15-,16+/m1/s1. The molecule has 32 heavy (non-hydrogen) atoms. The van der Waals surface area contributed by atoms with Crippen LogP contribution in [0, 0.1) is 12.8 Å². The van der Waals surface area contributed by atoms with Crippen LogP contribution in [0.15, 0.2) is 41.2 Å². The Bertz CT molecular complexity index is 1270. The number of pyridine rings is 1. The number of esters is 1. The van der Waals surface area contributed by atoms with Gasteiger partial charge in [0.15, 0.2) is 0 Å². The average Bonchev–Trinajstić information content (AvgIpc) is 3.11. The lowest BCUT2D eigenvalue weighted by atomic mass is 9.83. The number of carbonyl (C=O) groups is 2. The van der Waals surface area contributed by atoms with Crippen LogP contribution < -0.4 is 10.9 Å². The molecule has 1 aromatic carbocycles. The van der Waals surface area contributed by atoms with Crippen molar-refractivity contribution in [1.82, 2.24) is 14.5 Å². The third-order valence-electron chi connectivity index (χ3n) is 6.53. The number of fused-ring (bicyclic) bond motifs is 5. The number of ether oxygens (including phenoxy) is 1. The minimum absolute atomic E-state index is 0.0494. The monoisotopic (exact) mass is 434 g/mol. The van der Waals surface area contributed by atoms with Crippen molar-refractivity contribution in [3.05, 3.63) is 63.7 Å². The van der Waals surface area contributed by atoms with Crippen LogP contribution in [0.2, 0.25) is 0 Å². The van der Waals surface area contributed by atoms with Crippen molar-refractivity contribution < 1.29 is 14.3 Å². The minimum atomic E-state index is -0.524. The van der Waals surface area contributed by atoms with Crippen LogP contribution in [0.25, 0.3) is 10.9 Å². The summed E-state index contributed by atoms with van der Waals surface area (Å²) in [6.07, 6.45) is 1.04. The van der Waals surface area contributed by atoms with E-state index in [9.17, 15) is 14.4 Å². The number of aryl methyl sites for hydroxylation is 1. The van der Waals surface area contributed by atoms with Crippen molar-refractivity contribution in [2.45, 2.75) is 25.8 Å². The third kappa shape index (κ3) is 3.60. The Morgan fingerprint density at radius 3 is 2.84 bits per heavy atom. The second-order valence-electron chi connectivity index (χ2n) is 8.86. The molecule has 5 rings (SSSR count). The van der Waals surface area contributed by atoms with Gasteiger partial charge in [-0.1, -0.05) is 17.7 Å². The van der Waals surface area contributed by atoms with E-state index in [2.05, 4.69) is 15.2 Å². The molecule has 2 N–H and O–H groups in total. The topological polar surface area (TPSA) is 96.4 Å². The Labute approximate surface area is 185 Å². The molecule has 0 saturated carbocycles. The van der Waals surface area contributed by atoms with E-state index in [0.717, 1.165) is 41.7 Å². The quantitative estimate of drug-likeness (QED) is 0.615. The van der Waals surface area contributed by atoms with Gasteiger partial charge in [0.1, 0.15) is 5.69 Å². The highest BCUT2D eigenvalue weighted by atomic mass is 16.5. The number of rotatable bonds is 4. The van der Waals surface area contributed by atoms with Crippen molar-refractivity contribution >= 4 is 28.5 Å². The molecule has 2 bridgehead atoms. The molecule has 1 saturated heterocycles. The van der Waals surface area contributed by atoms with Crippen LogP contribution in [0.5, 0.6) is 0 Å². The molecule has 0 radical (unpaired) electrons. The molecule has 1 fully saturated rings. The van der Waals surface area contributed by atoms with Gasteiger partial charge in [-0.25, -0.2) is 4.79 Å². The molecule has 2 aliphatic heterocycles. The Balaban J connectivity index is 1.36. The molecule has 8 heteroatoms. The van der Waals surface area contributed by atoms with Crippen LogP contribution in [0.4, 0.5) is 5.69 Å².